The van der Waals surface area contributed by atoms with Crippen LogP contribution in [0.15, 0.2) is 12.3 Å². The van der Waals surface area contributed by atoms with Gasteiger partial charge in [0.1, 0.15) is 0 Å². The SMILES string of the molecule is O=C(O)/C=C/N1CCOCC1. The Bertz CT molecular complexity index is 161. The van der Waals surface area contributed by atoms with Gasteiger partial charge in [-0.2, -0.15) is 0 Å². The lowest BCUT2D eigenvalue weighted by Crippen LogP contribution is -2.32. The molecule has 0 aromatic heterocycles. The molecule has 1 heterocycles. The monoisotopic (exact) mass is 157 g/mol. The summed E-state index contributed by atoms with van der Waals surface area (Å²) in [6.45, 7) is 2.93. The maximum Gasteiger partial charge on any atom is 0.329 e. The van der Waals surface area contributed by atoms with Gasteiger partial charge in [-0.3, -0.25) is 0 Å². The molecular weight excluding hydrogens is 146 g/mol. The fourth-order valence-electron chi connectivity index (χ4n) is 0.896. The van der Waals surface area contributed by atoms with E-state index >= 15 is 0 Å². The Hall–Kier alpha value is -1.03. The van der Waals surface area contributed by atoms with Gasteiger partial charge in [-0.1, -0.05) is 0 Å². The summed E-state index contributed by atoms with van der Waals surface area (Å²) in [5.74, 6) is -0.906. The summed E-state index contributed by atoms with van der Waals surface area (Å²) < 4.78 is 5.08. The minimum atomic E-state index is -0.906. The molecule has 1 saturated heterocycles. The number of carboxylic acids is 1. The van der Waals surface area contributed by atoms with Gasteiger partial charge in [0.25, 0.3) is 0 Å². The molecule has 1 N–H and O–H groups in total. The van der Waals surface area contributed by atoms with Gasteiger partial charge in [0.05, 0.1) is 13.2 Å². The van der Waals surface area contributed by atoms with Gasteiger partial charge >= 0.3 is 5.97 Å². The quantitative estimate of drug-likeness (QED) is 0.569. The summed E-state index contributed by atoms with van der Waals surface area (Å²) in [5, 5.41) is 8.30. The largest absolute Gasteiger partial charge is 0.478 e. The Morgan fingerprint density at radius 2 is 2.09 bits per heavy atom. The molecule has 1 rings (SSSR count). The predicted molar refractivity (Wildman–Crippen MR) is 39.2 cm³/mol. The van der Waals surface area contributed by atoms with E-state index in [4.69, 9.17) is 9.84 Å². The lowest BCUT2D eigenvalue weighted by molar-refractivity contribution is -0.131. The highest BCUT2D eigenvalue weighted by molar-refractivity contribution is 5.79. The molecule has 1 fully saturated rings. The summed E-state index contributed by atoms with van der Waals surface area (Å²) in [6.07, 6.45) is 2.73. The average molecular weight is 157 g/mol. The van der Waals surface area contributed by atoms with E-state index in [9.17, 15) is 4.79 Å². The second-order valence-electron chi connectivity index (χ2n) is 2.30. The standard InChI is InChI=1S/C7H11NO3/c9-7(10)1-2-8-3-5-11-6-4-8/h1-2H,3-6H2,(H,9,10)/b2-1+. The Labute approximate surface area is 65.1 Å². The number of nitrogens with zero attached hydrogens (tertiary/aromatic N) is 1. The molecule has 0 bridgehead atoms. The maximum atomic E-state index is 10.1. The highest BCUT2D eigenvalue weighted by Gasteiger charge is 2.04. The minimum absolute atomic E-state index is 0.684. The molecule has 0 spiro atoms. The molecule has 0 aromatic rings. The minimum Gasteiger partial charge on any atom is -0.478 e. The molecule has 0 aromatic carbocycles. The number of aliphatic carboxylic acids is 1. The van der Waals surface area contributed by atoms with Crippen molar-refractivity contribution < 1.29 is 14.6 Å². The molecule has 62 valence electrons. The van der Waals surface area contributed by atoms with Crippen LogP contribution in [0.1, 0.15) is 0 Å². The number of hydrogen-bond acceptors (Lipinski definition) is 3. The number of carboxylic acid groups (broad SMARTS) is 1. The molecule has 0 atom stereocenters. The van der Waals surface area contributed by atoms with Gasteiger partial charge in [-0.05, 0) is 0 Å². The Morgan fingerprint density at radius 1 is 1.45 bits per heavy atom. The summed E-state index contributed by atoms with van der Waals surface area (Å²) in [6, 6.07) is 0. The van der Waals surface area contributed by atoms with Crippen molar-refractivity contribution in [2.24, 2.45) is 0 Å². The van der Waals surface area contributed by atoms with Gasteiger partial charge in [0.2, 0.25) is 0 Å². The number of ether oxygens (including phenoxy) is 1. The van der Waals surface area contributed by atoms with E-state index in [1.165, 1.54) is 0 Å². The number of morpholine rings is 1. The smallest absolute Gasteiger partial charge is 0.329 e. The molecule has 0 radical (unpaired) electrons. The van der Waals surface area contributed by atoms with Gasteiger partial charge in [0.15, 0.2) is 0 Å². The van der Waals surface area contributed by atoms with E-state index in [1.807, 2.05) is 4.90 Å². The Balaban J connectivity index is 2.29. The molecule has 1 aliphatic rings. The molecule has 0 aliphatic carbocycles. The van der Waals surface area contributed by atoms with Crippen LogP contribution in [0.5, 0.6) is 0 Å². The maximum absolute atomic E-state index is 10.1. The lowest BCUT2D eigenvalue weighted by atomic mass is 10.4. The second kappa shape index (κ2) is 3.98. The van der Waals surface area contributed by atoms with Crippen LogP contribution in [-0.4, -0.2) is 42.3 Å². The predicted octanol–water partition coefficient (Wildman–Crippen LogP) is -0.0831. The average Bonchev–Trinajstić information content (AvgIpc) is 2.03. The van der Waals surface area contributed by atoms with Crippen molar-refractivity contribution in [3.05, 3.63) is 12.3 Å². The Kier molecular flexibility index (Phi) is 2.92. The van der Waals surface area contributed by atoms with Crippen LogP contribution in [0.4, 0.5) is 0 Å². The molecule has 0 amide bonds. The van der Waals surface area contributed by atoms with Crippen LogP contribution in [0.25, 0.3) is 0 Å². The van der Waals surface area contributed by atoms with E-state index in [-0.39, 0.29) is 0 Å². The van der Waals surface area contributed by atoms with Crippen molar-refractivity contribution in [3.63, 3.8) is 0 Å². The fraction of sp³-hybridized carbons (Fsp3) is 0.571. The van der Waals surface area contributed by atoms with Crippen LogP contribution >= 0.6 is 0 Å². The first kappa shape index (κ1) is 8.07. The van der Waals surface area contributed by atoms with Crippen molar-refractivity contribution in [1.82, 2.24) is 4.90 Å². The van der Waals surface area contributed by atoms with E-state index in [0.29, 0.717) is 13.2 Å². The van der Waals surface area contributed by atoms with Crippen molar-refractivity contribution in [1.29, 1.82) is 0 Å². The van der Waals surface area contributed by atoms with E-state index < -0.39 is 5.97 Å². The second-order valence-corrected chi connectivity index (χ2v) is 2.30. The molecule has 4 nitrogen and oxygen atoms in total. The highest BCUT2D eigenvalue weighted by Crippen LogP contribution is 1.96. The van der Waals surface area contributed by atoms with Crippen LogP contribution in [0.2, 0.25) is 0 Å². The third kappa shape index (κ3) is 3.04. The first-order chi connectivity index (χ1) is 5.29. The van der Waals surface area contributed by atoms with Gasteiger partial charge in [-0.25, -0.2) is 4.79 Å². The fourth-order valence-corrected chi connectivity index (χ4v) is 0.896. The Morgan fingerprint density at radius 3 is 2.64 bits per heavy atom. The number of hydrogen-bond donors (Lipinski definition) is 1. The summed E-state index contributed by atoms with van der Waals surface area (Å²) in [5.41, 5.74) is 0. The van der Waals surface area contributed by atoms with Crippen molar-refractivity contribution >= 4 is 5.97 Å². The van der Waals surface area contributed by atoms with Gasteiger partial charge < -0.3 is 14.7 Å². The van der Waals surface area contributed by atoms with Crippen molar-refractivity contribution in [2.75, 3.05) is 26.3 Å². The lowest BCUT2D eigenvalue weighted by Gasteiger charge is -2.24. The van der Waals surface area contributed by atoms with Crippen molar-refractivity contribution in [3.8, 4) is 0 Å². The molecular formula is C7H11NO3. The van der Waals surface area contributed by atoms with Crippen LogP contribution in [-0.2, 0) is 9.53 Å². The molecule has 1 aliphatic heterocycles. The molecule has 4 heteroatoms. The summed E-state index contributed by atoms with van der Waals surface area (Å²) in [4.78, 5) is 12.0. The summed E-state index contributed by atoms with van der Waals surface area (Å²) in [7, 11) is 0. The normalized spacial score (nSPS) is 19.1. The highest BCUT2D eigenvalue weighted by atomic mass is 16.5. The molecule has 0 unspecified atom stereocenters. The number of carbonyl (C=O) groups is 1. The third-order valence-electron chi connectivity index (χ3n) is 1.47. The third-order valence-corrected chi connectivity index (χ3v) is 1.47. The molecule has 11 heavy (non-hydrogen) atoms. The topological polar surface area (TPSA) is 49.8 Å². The number of rotatable bonds is 2. The van der Waals surface area contributed by atoms with Gasteiger partial charge in [0, 0.05) is 25.4 Å². The van der Waals surface area contributed by atoms with E-state index in [1.54, 1.807) is 6.20 Å². The zero-order chi connectivity index (χ0) is 8.10. The zero-order valence-corrected chi connectivity index (χ0v) is 6.19. The van der Waals surface area contributed by atoms with E-state index in [2.05, 4.69) is 0 Å². The van der Waals surface area contributed by atoms with Gasteiger partial charge in [-0.15, -0.1) is 0 Å². The van der Waals surface area contributed by atoms with Crippen LogP contribution < -0.4 is 0 Å². The van der Waals surface area contributed by atoms with Crippen molar-refractivity contribution in [2.45, 2.75) is 0 Å². The molecule has 0 saturated carbocycles. The van der Waals surface area contributed by atoms with E-state index in [0.717, 1.165) is 19.2 Å². The summed E-state index contributed by atoms with van der Waals surface area (Å²) >= 11 is 0. The zero-order valence-electron chi connectivity index (χ0n) is 6.19. The van der Waals surface area contributed by atoms with Crippen LogP contribution in [0.3, 0.4) is 0 Å². The first-order valence-corrected chi connectivity index (χ1v) is 3.52. The van der Waals surface area contributed by atoms with Crippen LogP contribution in [0, 0.1) is 0 Å². The first-order valence-electron chi connectivity index (χ1n) is 3.52.